The highest BCUT2D eigenvalue weighted by Gasteiger charge is 2.15. The van der Waals surface area contributed by atoms with Gasteiger partial charge in [-0.2, -0.15) is 23.4 Å². The second-order valence-corrected chi connectivity index (χ2v) is 7.20. The molecule has 0 saturated heterocycles. The van der Waals surface area contributed by atoms with E-state index in [1.54, 1.807) is 11.9 Å². The Labute approximate surface area is 160 Å². The largest absolute Gasteiger partial charge is 0.398 e. The average molecular weight is 407 g/mol. The molecule has 0 radical (unpaired) electrons. The molecule has 0 unspecified atom stereocenters. The maximum absolute atomic E-state index is 11.2. The van der Waals surface area contributed by atoms with Crippen LogP contribution in [-0.4, -0.2) is 35.0 Å². The third kappa shape index (κ3) is 4.42. The number of rotatable bonds is 5. The van der Waals surface area contributed by atoms with Crippen LogP contribution < -0.4 is 16.0 Å². The van der Waals surface area contributed by atoms with Crippen molar-refractivity contribution < 1.29 is 13.0 Å². The first-order valence-electron chi connectivity index (χ1n) is 7.58. The molecule has 1 heterocycles. The number of nitrogens with zero attached hydrogens (tertiary/aromatic N) is 4. The summed E-state index contributed by atoms with van der Waals surface area (Å²) in [4.78, 5) is 13.8. The number of benzene rings is 2. The summed E-state index contributed by atoms with van der Waals surface area (Å²) in [6, 6.07) is 13.4. The standard InChI is InChI=1S/C16H15ClN6O3S/c1-23(11-5-3-2-4-6-11)16-21-14(17)20-15(22-16)19-10-7-8-13(12(18)9-10)27(24,25)26/h2-9H,18H2,1H3,(H,24,25,26)(H,19,20,21,22). The van der Waals surface area contributed by atoms with Crippen LogP contribution in [0.3, 0.4) is 0 Å². The van der Waals surface area contributed by atoms with Crippen molar-refractivity contribution in [1.82, 2.24) is 15.0 Å². The van der Waals surface area contributed by atoms with E-state index in [1.165, 1.54) is 18.2 Å². The van der Waals surface area contributed by atoms with Crippen LogP contribution in [0.4, 0.5) is 29.0 Å². The molecular formula is C16H15ClN6O3S. The molecule has 0 aliphatic rings. The Kier molecular flexibility index (Phi) is 5.13. The van der Waals surface area contributed by atoms with Crippen molar-refractivity contribution in [2.75, 3.05) is 23.0 Å². The normalized spacial score (nSPS) is 11.2. The minimum Gasteiger partial charge on any atom is -0.398 e. The van der Waals surface area contributed by atoms with Crippen LogP contribution in [0.1, 0.15) is 0 Å². The van der Waals surface area contributed by atoms with Gasteiger partial charge in [0.25, 0.3) is 10.1 Å². The van der Waals surface area contributed by atoms with Crippen LogP contribution in [0.2, 0.25) is 5.28 Å². The molecule has 3 aromatic rings. The van der Waals surface area contributed by atoms with Crippen LogP contribution in [-0.2, 0) is 10.1 Å². The minimum atomic E-state index is -4.40. The van der Waals surface area contributed by atoms with Gasteiger partial charge in [0.1, 0.15) is 4.90 Å². The van der Waals surface area contributed by atoms with E-state index in [4.69, 9.17) is 21.9 Å². The Balaban J connectivity index is 1.90. The van der Waals surface area contributed by atoms with Crippen molar-refractivity contribution >= 4 is 50.7 Å². The monoisotopic (exact) mass is 406 g/mol. The summed E-state index contributed by atoms with van der Waals surface area (Å²) in [7, 11) is -2.62. The number of hydrogen-bond donors (Lipinski definition) is 3. The fourth-order valence-electron chi connectivity index (χ4n) is 2.30. The summed E-state index contributed by atoms with van der Waals surface area (Å²) in [5, 5.41) is 2.86. The maximum atomic E-state index is 11.2. The molecule has 11 heteroatoms. The number of anilines is 5. The lowest BCUT2D eigenvalue weighted by Gasteiger charge is -2.17. The van der Waals surface area contributed by atoms with Gasteiger partial charge < -0.3 is 16.0 Å². The molecule has 27 heavy (non-hydrogen) atoms. The molecule has 2 aromatic carbocycles. The summed E-state index contributed by atoms with van der Waals surface area (Å²) < 4.78 is 31.6. The van der Waals surface area contributed by atoms with E-state index in [0.717, 1.165) is 5.69 Å². The van der Waals surface area contributed by atoms with Gasteiger partial charge in [-0.25, -0.2) is 0 Å². The first-order valence-corrected chi connectivity index (χ1v) is 9.40. The predicted molar refractivity (Wildman–Crippen MR) is 103 cm³/mol. The van der Waals surface area contributed by atoms with Gasteiger partial charge in [-0.3, -0.25) is 4.55 Å². The molecular weight excluding hydrogens is 392 g/mol. The summed E-state index contributed by atoms with van der Waals surface area (Å²) in [6.07, 6.45) is 0. The molecule has 0 bridgehead atoms. The lowest BCUT2D eigenvalue weighted by molar-refractivity contribution is 0.483. The van der Waals surface area contributed by atoms with Gasteiger partial charge in [0.2, 0.25) is 17.2 Å². The van der Waals surface area contributed by atoms with Gasteiger partial charge in [-0.05, 0) is 41.9 Å². The van der Waals surface area contributed by atoms with E-state index < -0.39 is 10.1 Å². The third-order valence-electron chi connectivity index (χ3n) is 3.58. The number of nitrogen functional groups attached to an aromatic ring is 1. The number of hydrogen-bond acceptors (Lipinski definition) is 8. The number of nitrogens with two attached hydrogens (primary N) is 1. The molecule has 0 aliphatic carbocycles. The highest BCUT2D eigenvalue weighted by molar-refractivity contribution is 7.86. The van der Waals surface area contributed by atoms with Gasteiger partial charge >= 0.3 is 0 Å². The molecule has 0 spiro atoms. The Morgan fingerprint density at radius 2 is 1.81 bits per heavy atom. The van der Waals surface area contributed by atoms with Crippen LogP contribution in [0.5, 0.6) is 0 Å². The van der Waals surface area contributed by atoms with E-state index in [0.29, 0.717) is 11.6 Å². The molecule has 0 fully saturated rings. The van der Waals surface area contributed by atoms with Crippen LogP contribution in [0.15, 0.2) is 53.4 Å². The molecule has 4 N–H and O–H groups in total. The van der Waals surface area contributed by atoms with E-state index in [9.17, 15) is 8.42 Å². The molecule has 140 valence electrons. The lowest BCUT2D eigenvalue weighted by atomic mass is 10.3. The summed E-state index contributed by atoms with van der Waals surface area (Å²) in [5.41, 5.74) is 6.82. The topological polar surface area (TPSA) is 134 Å². The van der Waals surface area contributed by atoms with Crippen molar-refractivity contribution in [3.05, 3.63) is 53.8 Å². The van der Waals surface area contributed by atoms with E-state index in [-0.39, 0.29) is 21.8 Å². The number of halogens is 1. The average Bonchev–Trinajstić information content (AvgIpc) is 2.60. The SMILES string of the molecule is CN(c1ccccc1)c1nc(Cl)nc(Nc2ccc(S(=O)(=O)O)c(N)c2)n1. The van der Waals surface area contributed by atoms with Crippen LogP contribution >= 0.6 is 11.6 Å². The van der Waals surface area contributed by atoms with Crippen molar-refractivity contribution in [2.45, 2.75) is 4.90 Å². The van der Waals surface area contributed by atoms with Crippen LogP contribution in [0, 0.1) is 0 Å². The molecule has 0 atom stereocenters. The first kappa shape index (κ1) is 18.8. The van der Waals surface area contributed by atoms with Gasteiger partial charge in [0.15, 0.2) is 0 Å². The first-order chi connectivity index (χ1) is 12.7. The van der Waals surface area contributed by atoms with E-state index >= 15 is 0 Å². The molecule has 0 amide bonds. The van der Waals surface area contributed by atoms with Crippen molar-refractivity contribution in [1.29, 1.82) is 0 Å². The van der Waals surface area contributed by atoms with Crippen molar-refractivity contribution in [3.8, 4) is 0 Å². The summed E-state index contributed by atoms with van der Waals surface area (Å²) in [5.74, 6) is 0.456. The van der Waals surface area contributed by atoms with E-state index in [1.807, 2.05) is 30.3 Å². The smallest absolute Gasteiger partial charge is 0.296 e. The zero-order valence-electron chi connectivity index (χ0n) is 14.0. The Morgan fingerprint density at radius 3 is 2.44 bits per heavy atom. The van der Waals surface area contributed by atoms with Gasteiger partial charge in [-0.15, -0.1) is 0 Å². The maximum Gasteiger partial charge on any atom is 0.296 e. The highest BCUT2D eigenvalue weighted by Crippen LogP contribution is 2.26. The summed E-state index contributed by atoms with van der Waals surface area (Å²) >= 11 is 6.00. The number of aromatic nitrogens is 3. The number of para-hydroxylation sites is 1. The molecule has 3 rings (SSSR count). The van der Waals surface area contributed by atoms with Crippen LogP contribution in [0.25, 0.3) is 0 Å². The fraction of sp³-hybridized carbons (Fsp3) is 0.0625. The van der Waals surface area contributed by atoms with Gasteiger partial charge in [0, 0.05) is 18.4 Å². The van der Waals surface area contributed by atoms with Crippen molar-refractivity contribution in [2.24, 2.45) is 0 Å². The van der Waals surface area contributed by atoms with Gasteiger partial charge in [0.05, 0.1) is 5.69 Å². The predicted octanol–water partition coefficient (Wildman–Crippen LogP) is 2.87. The second kappa shape index (κ2) is 7.35. The van der Waals surface area contributed by atoms with Crippen molar-refractivity contribution in [3.63, 3.8) is 0 Å². The summed E-state index contributed by atoms with van der Waals surface area (Å²) in [6.45, 7) is 0. The molecule has 0 aliphatic heterocycles. The molecule has 1 aromatic heterocycles. The Bertz CT molecular complexity index is 1080. The van der Waals surface area contributed by atoms with E-state index in [2.05, 4.69) is 20.3 Å². The molecule has 0 saturated carbocycles. The second-order valence-electron chi connectivity index (χ2n) is 5.48. The molecule has 9 nitrogen and oxygen atoms in total. The van der Waals surface area contributed by atoms with Gasteiger partial charge in [-0.1, -0.05) is 18.2 Å². The third-order valence-corrected chi connectivity index (χ3v) is 4.68. The lowest BCUT2D eigenvalue weighted by Crippen LogP contribution is -2.14. The zero-order chi connectivity index (χ0) is 19.6. The highest BCUT2D eigenvalue weighted by atomic mass is 35.5. The zero-order valence-corrected chi connectivity index (χ0v) is 15.6. The Morgan fingerprint density at radius 1 is 1.11 bits per heavy atom. The fourth-order valence-corrected chi connectivity index (χ4v) is 3.06. The quantitative estimate of drug-likeness (QED) is 0.431. The Hall–Kier alpha value is -2.95. The number of nitrogens with one attached hydrogen (secondary N) is 1. The minimum absolute atomic E-state index is 0.0205.